The molecule has 1 atom stereocenters. The maximum atomic E-state index is 15.3. The maximum Gasteiger partial charge on any atom is 0.460 e. The van der Waals surface area contributed by atoms with Crippen LogP contribution in [0.4, 0.5) is 136 Å². The standard InChI is InChI=1S/C19H5F31O2/c1-3(2)4(51)52-15(38,5(16(39,40)41,17(42,43)44)18(45,46)47)13(34,35)11(30,31)9(26,27)7(22,23)6(20,21)8(24,25)10(28,29)12(32,33)14(36,37)19(48,49)50/h1H2,2H3. The first-order chi connectivity index (χ1) is 21.8. The Balaban J connectivity index is 8.49. The van der Waals surface area contributed by atoms with Crippen molar-refractivity contribution in [3.63, 3.8) is 0 Å². The molecule has 52 heavy (non-hydrogen) atoms. The number of rotatable bonds is 12. The molecule has 0 aliphatic heterocycles. The fourth-order valence-electron chi connectivity index (χ4n) is 3.38. The topological polar surface area (TPSA) is 26.3 Å². The maximum absolute atomic E-state index is 15.3. The molecule has 0 radical (unpaired) electrons. The summed E-state index contributed by atoms with van der Waals surface area (Å²) in [6, 6.07) is 0. The third-order valence-corrected chi connectivity index (χ3v) is 6.25. The number of carbonyl (C=O) groups is 1. The molecule has 0 spiro atoms. The van der Waals surface area contributed by atoms with Crippen molar-refractivity contribution < 1.29 is 146 Å². The lowest BCUT2D eigenvalue weighted by molar-refractivity contribution is -0.532. The summed E-state index contributed by atoms with van der Waals surface area (Å²) in [4.78, 5) is 11.4. The number of ether oxygens (including phenoxy) is 1. The van der Waals surface area contributed by atoms with Crippen LogP contribution in [-0.2, 0) is 9.53 Å². The van der Waals surface area contributed by atoms with Crippen LogP contribution in [0.1, 0.15) is 6.92 Å². The van der Waals surface area contributed by atoms with Gasteiger partial charge < -0.3 is 4.74 Å². The lowest BCUT2D eigenvalue weighted by Gasteiger charge is -2.51. The molecule has 2 nitrogen and oxygen atoms in total. The Hall–Kier alpha value is -2.96. The molecule has 0 aliphatic carbocycles. The summed E-state index contributed by atoms with van der Waals surface area (Å²) in [5.74, 6) is -102. The van der Waals surface area contributed by atoms with Gasteiger partial charge in [0.25, 0.3) is 0 Å². The van der Waals surface area contributed by atoms with Gasteiger partial charge >= 0.3 is 95.2 Å². The zero-order chi connectivity index (χ0) is 43.4. The number of alkyl halides is 31. The minimum Gasteiger partial charge on any atom is -0.417 e. The van der Waals surface area contributed by atoms with Crippen LogP contribution in [0, 0.1) is 5.41 Å². The Morgan fingerprint density at radius 2 is 0.538 bits per heavy atom. The second kappa shape index (κ2) is 12.0. The van der Waals surface area contributed by atoms with E-state index in [0.29, 0.717) is 0 Å². The number of halogens is 31. The number of hydrogen-bond donors (Lipinski definition) is 0. The molecule has 0 saturated heterocycles. The Bertz CT molecular complexity index is 1320. The largest absolute Gasteiger partial charge is 0.460 e. The van der Waals surface area contributed by atoms with Crippen molar-refractivity contribution in [3.8, 4) is 0 Å². The van der Waals surface area contributed by atoms with Gasteiger partial charge in [-0.05, 0) is 6.92 Å². The number of hydrogen-bond acceptors (Lipinski definition) is 2. The third kappa shape index (κ3) is 5.72. The summed E-state index contributed by atoms with van der Waals surface area (Å²) in [5.41, 5.74) is -12.0. The zero-order valence-electron chi connectivity index (χ0n) is 22.7. The summed E-state index contributed by atoms with van der Waals surface area (Å²) in [7, 11) is 0. The van der Waals surface area contributed by atoms with E-state index in [2.05, 4.69) is 0 Å². The molecule has 0 aromatic rings. The average molecular weight is 854 g/mol. The molecular weight excluding hydrogens is 849 g/mol. The summed E-state index contributed by atoms with van der Waals surface area (Å²) in [6.45, 7) is 1.59. The minimum atomic E-state index is -10.2. The molecule has 33 heteroatoms. The molecule has 0 rings (SSSR count). The normalized spacial score (nSPS) is 17.5. The smallest absolute Gasteiger partial charge is 0.417 e. The molecule has 0 fully saturated rings. The van der Waals surface area contributed by atoms with Crippen molar-refractivity contribution in [1.82, 2.24) is 0 Å². The van der Waals surface area contributed by atoms with Crippen LogP contribution in [0.3, 0.4) is 0 Å². The third-order valence-electron chi connectivity index (χ3n) is 6.25. The van der Waals surface area contributed by atoms with E-state index in [0.717, 1.165) is 0 Å². The molecule has 0 aromatic carbocycles. The van der Waals surface area contributed by atoms with Crippen LogP contribution in [0.15, 0.2) is 12.2 Å². The van der Waals surface area contributed by atoms with Crippen LogP contribution >= 0.6 is 0 Å². The molecule has 0 amide bonds. The first-order valence-electron chi connectivity index (χ1n) is 11.1. The molecule has 0 N–H and O–H groups in total. The van der Waals surface area contributed by atoms with Gasteiger partial charge in [-0.3, -0.25) is 0 Å². The van der Waals surface area contributed by atoms with E-state index in [1.807, 2.05) is 6.58 Å². The van der Waals surface area contributed by atoms with Gasteiger partial charge in [-0.2, -0.15) is 136 Å². The summed E-state index contributed by atoms with van der Waals surface area (Å²) < 4.78 is 423. The van der Waals surface area contributed by atoms with E-state index in [-0.39, 0.29) is 6.92 Å². The molecule has 0 heterocycles. The molecule has 0 aliphatic rings. The summed E-state index contributed by atoms with van der Waals surface area (Å²) in [5, 5.41) is 0. The monoisotopic (exact) mass is 854 g/mol. The van der Waals surface area contributed by atoms with Crippen molar-refractivity contribution in [1.29, 1.82) is 0 Å². The molecule has 310 valence electrons. The van der Waals surface area contributed by atoms with Crippen molar-refractivity contribution in [2.45, 2.75) is 90.8 Å². The quantitative estimate of drug-likeness (QED) is 0.111. The van der Waals surface area contributed by atoms with E-state index >= 15 is 4.39 Å². The van der Waals surface area contributed by atoms with E-state index < -0.39 is 101 Å². The minimum absolute atomic E-state index is 0.362. The van der Waals surface area contributed by atoms with Gasteiger partial charge in [0.2, 0.25) is 0 Å². The first kappa shape index (κ1) is 49.0. The van der Waals surface area contributed by atoms with Gasteiger partial charge in [0, 0.05) is 5.57 Å². The Morgan fingerprint density at radius 3 is 0.712 bits per heavy atom. The number of esters is 1. The highest BCUT2D eigenvalue weighted by Crippen LogP contribution is 2.73. The fraction of sp³-hybridized carbons (Fsp3) is 0.842. The Morgan fingerprint density at radius 1 is 0.346 bits per heavy atom. The Kier molecular flexibility index (Phi) is 11.3. The van der Waals surface area contributed by atoms with Crippen molar-refractivity contribution >= 4 is 5.97 Å². The van der Waals surface area contributed by atoms with Crippen LogP contribution < -0.4 is 0 Å². The van der Waals surface area contributed by atoms with Crippen LogP contribution in [-0.4, -0.2) is 89.8 Å². The molecule has 0 saturated carbocycles. The van der Waals surface area contributed by atoms with E-state index in [1.54, 1.807) is 4.74 Å². The molecule has 0 aromatic heterocycles. The Labute approximate surface area is 261 Å². The average Bonchev–Trinajstić information content (AvgIpc) is 2.84. The zero-order valence-corrected chi connectivity index (χ0v) is 22.7. The molecule has 0 bridgehead atoms. The predicted octanol–water partition coefficient (Wildman–Crippen LogP) is 10.7. The van der Waals surface area contributed by atoms with Crippen LogP contribution in [0.25, 0.3) is 0 Å². The van der Waals surface area contributed by atoms with Gasteiger partial charge in [0.05, 0.1) is 0 Å². The van der Waals surface area contributed by atoms with Crippen molar-refractivity contribution in [2.75, 3.05) is 0 Å². The van der Waals surface area contributed by atoms with Gasteiger partial charge in [-0.1, -0.05) is 6.58 Å². The second-order valence-corrected chi connectivity index (χ2v) is 9.68. The highest BCUT2D eigenvalue weighted by Gasteiger charge is 3.04. The highest BCUT2D eigenvalue weighted by molar-refractivity contribution is 5.87. The van der Waals surface area contributed by atoms with Gasteiger partial charge in [-0.25, -0.2) is 4.79 Å². The van der Waals surface area contributed by atoms with E-state index in [9.17, 15) is 137 Å². The van der Waals surface area contributed by atoms with Gasteiger partial charge in [0.15, 0.2) is 0 Å². The van der Waals surface area contributed by atoms with Crippen molar-refractivity contribution in [2.24, 2.45) is 5.41 Å². The molecule has 1 unspecified atom stereocenters. The first-order valence-corrected chi connectivity index (χ1v) is 11.1. The van der Waals surface area contributed by atoms with Crippen LogP contribution in [0.5, 0.6) is 0 Å². The number of carbonyl (C=O) groups excluding carboxylic acids is 1. The van der Waals surface area contributed by atoms with E-state index in [4.69, 9.17) is 0 Å². The van der Waals surface area contributed by atoms with Crippen LogP contribution in [0.2, 0.25) is 0 Å². The van der Waals surface area contributed by atoms with E-state index in [1.165, 1.54) is 0 Å². The lowest BCUT2D eigenvalue weighted by atomic mass is 9.71. The van der Waals surface area contributed by atoms with Crippen molar-refractivity contribution in [3.05, 3.63) is 12.2 Å². The SMILES string of the molecule is C=C(C)C(=O)OC(F)(C(F)(F)C(F)(F)C(F)(F)C(F)(F)C(F)(F)C(F)(F)C(F)(F)C(F)(F)C(F)(F)C(F)(F)F)C(C(F)(F)F)(C(F)(F)F)C(F)(F)F. The van der Waals surface area contributed by atoms with Gasteiger partial charge in [-0.15, -0.1) is 0 Å². The molecular formula is C19H5F31O2. The highest BCUT2D eigenvalue weighted by atomic mass is 19.5. The summed E-state index contributed by atoms with van der Waals surface area (Å²) in [6.07, 6.45) is -36.1. The second-order valence-electron chi connectivity index (χ2n) is 9.68. The fourth-order valence-corrected chi connectivity index (χ4v) is 3.38. The lowest BCUT2D eigenvalue weighted by Crippen LogP contribution is -2.82. The van der Waals surface area contributed by atoms with Gasteiger partial charge in [0.1, 0.15) is 0 Å². The summed E-state index contributed by atoms with van der Waals surface area (Å²) >= 11 is 0. The predicted molar refractivity (Wildman–Crippen MR) is 95.9 cm³/mol.